The summed E-state index contributed by atoms with van der Waals surface area (Å²) in [6.45, 7) is 0.564. The van der Waals surface area contributed by atoms with Gasteiger partial charge in [0.2, 0.25) is 0 Å². The van der Waals surface area contributed by atoms with Crippen molar-refractivity contribution in [3.05, 3.63) is 24.3 Å². The molecule has 0 radical (unpaired) electrons. The molecule has 0 aromatic heterocycles. The smallest absolute Gasteiger partial charge is 0.331 e. The maximum Gasteiger partial charge on any atom is 0.331 e. The van der Waals surface area contributed by atoms with Crippen LogP contribution < -0.4 is 0 Å². The average Bonchev–Trinajstić information content (AvgIpc) is 2.59. The minimum atomic E-state index is -1.19. The number of aliphatic carboxylic acids is 2. The quantitative estimate of drug-likeness (QED) is 0.256. The zero-order valence-electron chi connectivity index (χ0n) is 14.7. The molecule has 0 aliphatic heterocycles. The van der Waals surface area contributed by atoms with E-state index in [0.29, 0.717) is 0 Å². The average molecular weight is 370 g/mol. The van der Waals surface area contributed by atoms with E-state index in [-0.39, 0.29) is 13.2 Å². The van der Waals surface area contributed by atoms with Crippen LogP contribution in [0.25, 0.3) is 0 Å². The van der Waals surface area contributed by atoms with Crippen LogP contribution in [-0.4, -0.2) is 47.3 Å². The SMILES string of the molecule is O=C(O)C=CC(=O)OCCCCCCCCCCOC(=O)C=CC(=O)O. The van der Waals surface area contributed by atoms with E-state index >= 15 is 0 Å². The van der Waals surface area contributed by atoms with Crippen molar-refractivity contribution < 1.29 is 38.9 Å². The number of ether oxygens (including phenoxy) is 2. The minimum absolute atomic E-state index is 0.282. The largest absolute Gasteiger partial charge is 0.478 e. The van der Waals surface area contributed by atoms with Crippen molar-refractivity contribution in [3.8, 4) is 0 Å². The minimum Gasteiger partial charge on any atom is -0.478 e. The lowest BCUT2D eigenvalue weighted by atomic mass is 10.1. The number of hydrogen-bond acceptors (Lipinski definition) is 6. The van der Waals surface area contributed by atoms with Gasteiger partial charge in [0.05, 0.1) is 13.2 Å². The molecule has 0 heterocycles. The first kappa shape index (κ1) is 23.4. The van der Waals surface area contributed by atoms with Crippen LogP contribution in [0.3, 0.4) is 0 Å². The number of unbranched alkanes of at least 4 members (excludes halogenated alkanes) is 7. The van der Waals surface area contributed by atoms with Crippen molar-refractivity contribution >= 4 is 23.9 Å². The van der Waals surface area contributed by atoms with Gasteiger partial charge in [-0.2, -0.15) is 0 Å². The van der Waals surface area contributed by atoms with Crippen molar-refractivity contribution in [3.63, 3.8) is 0 Å². The molecule has 0 unspecified atom stereocenters. The zero-order valence-corrected chi connectivity index (χ0v) is 14.7. The van der Waals surface area contributed by atoms with Crippen LogP contribution in [-0.2, 0) is 28.7 Å². The third kappa shape index (κ3) is 17.7. The van der Waals surface area contributed by atoms with Gasteiger partial charge >= 0.3 is 23.9 Å². The molecule has 0 amide bonds. The molecule has 26 heavy (non-hydrogen) atoms. The molecule has 0 saturated carbocycles. The Morgan fingerprint density at radius 3 is 1.15 bits per heavy atom. The van der Waals surface area contributed by atoms with E-state index < -0.39 is 23.9 Å². The second-order valence-corrected chi connectivity index (χ2v) is 5.51. The monoisotopic (exact) mass is 370 g/mol. The molecule has 0 fully saturated rings. The summed E-state index contributed by atoms with van der Waals surface area (Å²) >= 11 is 0. The van der Waals surface area contributed by atoms with Gasteiger partial charge in [0.15, 0.2) is 0 Å². The van der Waals surface area contributed by atoms with E-state index in [0.717, 1.165) is 75.7 Å². The van der Waals surface area contributed by atoms with Gasteiger partial charge in [-0.05, 0) is 12.8 Å². The molecule has 8 heteroatoms. The van der Waals surface area contributed by atoms with E-state index in [9.17, 15) is 19.2 Å². The summed E-state index contributed by atoms with van der Waals surface area (Å²) in [7, 11) is 0. The standard InChI is InChI=1S/C18H26O8/c19-15(20)9-11-17(23)25-13-7-5-3-1-2-4-6-8-14-26-18(24)12-10-16(21)22/h9-12H,1-8,13-14H2,(H,19,20)(H,21,22). The highest BCUT2D eigenvalue weighted by Crippen LogP contribution is 2.09. The van der Waals surface area contributed by atoms with Gasteiger partial charge in [0, 0.05) is 24.3 Å². The lowest BCUT2D eigenvalue weighted by Crippen LogP contribution is -2.03. The lowest BCUT2D eigenvalue weighted by molar-refractivity contribution is -0.139. The fraction of sp³-hybridized carbons (Fsp3) is 0.556. The summed E-state index contributed by atoms with van der Waals surface area (Å²) in [6.07, 6.45) is 10.8. The third-order valence-corrected chi connectivity index (χ3v) is 3.25. The molecule has 0 rings (SSSR count). The van der Waals surface area contributed by atoms with Crippen LogP contribution in [0.5, 0.6) is 0 Å². The van der Waals surface area contributed by atoms with Gasteiger partial charge in [-0.1, -0.05) is 38.5 Å². The van der Waals surface area contributed by atoms with E-state index in [2.05, 4.69) is 0 Å². The predicted octanol–water partition coefficient (Wildman–Crippen LogP) is 2.48. The van der Waals surface area contributed by atoms with Crippen molar-refractivity contribution in [1.29, 1.82) is 0 Å². The summed E-state index contributed by atoms with van der Waals surface area (Å²) < 4.78 is 9.69. The highest BCUT2D eigenvalue weighted by molar-refractivity contribution is 5.91. The Hall–Kier alpha value is -2.64. The summed E-state index contributed by atoms with van der Waals surface area (Å²) in [5, 5.41) is 16.7. The van der Waals surface area contributed by atoms with Crippen molar-refractivity contribution in [2.75, 3.05) is 13.2 Å². The van der Waals surface area contributed by atoms with E-state index in [1.807, 2.05) is 0 Å². The molecule has 0 saturated heterocycles. The second-order valence-electron chi connectivity index (χ2n) is 5.51. The molecule has 0 bridgehead atoms. The summed E-state index contributed by atoms with van der Waals surface area (Å²) in [5.41, 5.74) is 0. The molecule has 0 aliphatic rings. The first-order chi connectivity index (χ1) is 12.4. The van der Waals surface area contributed by atoms with Crippen LogP contribution in [0.15, 0.2) is 24.3 Å². The number of rotatable bonds is 15. The molecule has 0 aliphatic carbocycles. The van der Waals surface area contributed by atoms with Gasteiger partial charge < -0.3 is 19.7 Å². The first-order valence-corrected chi connectivity index (χ1v) is 8.57. The first-order valence-electron chi connectivity index (χ1n) is 8.57. The van der Waals surface area contributed by atoms with Crippen LogP contribution >= 0.6 is 0 Å². The predicted molar refractivity (Wildman–Crippen MR) is 92.4 cm³/mol. The van der Waals surface area contributed by atoms with Gasteiger partial charge in [0.1, 0.15) is 0 Å². The van der Waals surface area contributed by atoms with Crippen LogP contribution in [0, 0.1) is 0 Å². The summed E-state index contributed by atoms with van der Waals surface area (Å²) in [4.78, 5) is 42.6. The fourth-order valence-electron chi connectivity index (χ4n) is 1.99. The van der Waals surface area contributed by atoms with Gasteiger partial charge in [-0.3, -0.25) is 0 Å². The van der Waals surface area contributed by atoms with Crippen molar-refractivity contribution in [2.24, 2.45) is 0 Å². The molecule has 0 spiro atoms. The Morgan fingerprint density at radius 2 is 0.846 bits per heavy atom. The number of carboxylic acid groups (broad SMARTS) is 2. The van der Waals surface area contributed by atoms with Gasteiger partial charge in [-0.15, -0.1) is 0 Å². The zero-order chi connectivity index (χ0) is 19.6. The molecule has 0 aromatic rings. The van der Waals surface area contributed by atoms with Crippen LogP contribution in [0.1, 0.15) is 51.4 Å². The molecule has 0 atom stereocenters. The van der Waals surface area contributed by atoms with Gasteiger partial charge in [0.25, 0.3) is 0 Å². The van der Waals surface area contributed by atoms with E-state index in [1.54, 1.807) is 0 Å². The number of esters is 2. The maximum absolute atomic E-state index is 11.1. The van der Waals surface area contributed by atoms with Crippen LogP contribution in [0.2, 0.25) is 0 Å². The van der Waals surface area contributed by atoms with E-state index in [1.165, 1.54) is 0 Å². The second kappa shape index (κ2) is 15.9. The highest BCUT2D eigenvalue weighted by Gasteiger charge is 2.00. The molecule has 8 nitrogen and oxygen atoms in total. The number of carboxylic acids is 2. The fourth-order valence-corrected chi connectivity index (χ4v) is 1.99. The highest BCUT2D eigenvalue weighted by atomic mass is 16.5. The summed E-state index contributed by atoms with van der Waals surface area (Å²) in [6, 6.07) is 0. The van der Waals surface area contributed by atoms with Crippen molar-refractivity contribution in [2.45, 2.75) is 51.4 Å². The molecular formula is C18H26O8. The molecular weight excluding hydrogens is 344 g/mol. The molecule has 2 N–H and O–H groups in total. The molecule has 146 valence electrons. The Morgan fingerprint density at radius 1 is 0.538 bits per heavy atom. The van der Waals surface area contributed by atoms with E-state index in [4.69, 9.17) is 19.7 Å². The Balaban J connectivity index is 3.34. The lowest BCUT2D eigenvalue weighted by Gasteiger charge is -2.04. The normalized spacial score (nSPS) is 10.9. The maximum atomic E-state index is 11.1. The van der Waals surface area contributed by atoms with Gasteiger partial charge in [-0.25, -0.2) is 19.2 Å². The Bertz CT molecular complexity index is 461. The Labute approximate surface area is 152 Å². The van der Waals surface area contributed by atoms with Crippen molar-refractivity contribution in [1.82, 2.24) is 0 Å². The number of carbonyl (C=O) groups is 4. The van der Waals surface area contributed by atoms with Crippen LogP contribution in [0.4, 0.5) is 0 Å². The molecule has 0 aromatic carbocycles. The Kier molecular flexibility index (Phi) is 14.3. The number of carbonyl (C=O) groups excluding carboxylic acids is 2. The third-order valence-electron chi connectivity index (χ3n) is 3.25. The number of hydrogen-bond donors (Lipinski definition) is 2. The topological polar surface area (TPSA) is 127 Å². The summed E-state index contributed by atoms with van der Waals surface area (Å²) in [5.74, 6) is -3.66.